The maximum absolute atomic E-state index is 12.5. The Hall–Kier alpha value is -3.74. The average molecular weight is 388 g/mol. The van der Waals surface area contributed by atoms with E-state index in [1.54, 1.807) is 30.5 Å². The number of carbonyl (C=O) groups is 2. The maximum Gasteiger partial charge on any atom is 0.337 e. The predicted molar refractivity (Wildman–Crippen MR) is 110 cm³/mol. The number of para-hydroxylation sites is 1. The third kappa shape index (κ3) is 3.67. The van der Waals surface area contributed by atoms with Crippen LogP contribution in [0.4, 0.5) is 17.2 Å². The van der Waals surface area contributed by atoms with Gasteiger partial charge in [-0.2, -0.15) is 0 Å². The van der Waals surface area contributed by atoms with Crippen molar-refractivity contribution in [1.82, 2.24) is 9.97 Å². The Morgan fingerprint density at radius 1 is 1.07 bits per heavy atom. The van der Waals surface area contributed by atoms with Crippen LogP contribution >= 0.6 is 0 Å². The molecule has 0 saturated heterocycles. The minimum absolute atomic E-state index is 0.214. The SMILES string of the molecule is COC(=O)c1ccc(NC(=O)c2cnc(N3c4ccccc4CC3C)cn2)cc1. The minimum atomic E-state index is -0.429. The summed E-state index contributed by atoms with van der Waals surface area (Å²) in [6.07, 6.45) is 4.04. The lowest BCUT2D eigenvalue weighted by molar-refractivity contribution is 0.0600. The lowest BCUT2D eigenvalue weighted by Crippen LogP contribution is -2.25. The number of nitrogens with zero attached hydrogens (tertiary/aromatic N) is 3. The number of hydrogen-bond donors (Lipinski definition) is 1. The van der Waals surface area contributed by atoms with Crippen molar-refractivity contribution in [3.05, 3.63) is 77.7 Å². The summed E-state index contributed by atoms with van der Waals surface area (Å²) in [5.41, 5.74) is 3.58. The van der Waals surface area contributed by atoms with Crippen molar-refractivity contribution in [2.24, 2.45) is 0 Å². The molecule has 7 heteroatoms. The van der Waals surface area contributed by atoms with Gasteiger partial charge in [-0.1, -0.05) is 18.2 Å². The van der Waals surface area contributed by atoms with E-state index in [4.69, 9.17) is 0 Å². The van der Waals surface area contributed by atoms with Gasteiger partial charge < -0.3 is 15.0 Å². The molecule has 146 valence electrons. The van der Waals surface area contributed by atoms with Gasteiger partial charge in [-0.3, -0.25) is 4.79 Å². The van der Waals surface area contributed by atoms with Crippen molar-refractivity contribution < 1.29 is 14.3 Å². The van der Waals surface area contributed by atoms with Gasteiger partial charge in [-0.15, -0.1) is 0 Å². The van der Waals surface area contributed by atoms with Crippen LogP contribution in [-0.2, 0) is 11.2 Å². The van der Waals surface area contributed by atoms with E-state index >= 15 is 0 Å². The highest BCUT2D eigenvalue weighted by molar-refractivity contribution is 6.03. The third-order valence-corrected chi connectivity index (χ3v) is 4.89. The van der Waals surface area contributed by atoms with E-state index < -0.39 is 5.97 Å². The molecule has 2 heterocycles. The highest BCUT2D eigenvalue weighted by Gasteiger charge is 2.28. The number of nitrogens with one attached hydrogen (secondary N) is 1. The van der Waals surface area contributed by atoms with E-state index in [0.717, 1.165) is 12.1 Å². The Bertz CT molecular complexity index is 1050. The molecule has 0 spiro atoms. The number of amides is 1. The summed E-state index contributed by atoms with van der Waals surface area (Å²) >= 11 is 0. The molecule has 1 amide bonds. The fourth-order valence-corrected chi connectivity index (χ4v) is 3.48. The molecule has 2 aromatic carbocycles. The van der Waals surface area contributed by atoms with Crippen LogP contribution in [0.3, 0.4) is 0 Å². The number of anilines is 3. The second kappa shape index (κ2) is 7.71. The van der Waals surface area contributed by atoms with Gasteiger partial charge in [0.1, 0.15) is 5.69 Å². The van der Waals surface area contributed by atoms with Crippen LogP contribution in [0.5, 0.6) is 0 Å². The molecule has 0 saturated carbocycles. The summed E-state index contributed by atoms with van der Waals surface area (Å²) < 4.78 is 4.66. The first-order valence-corrected chi connectivity index (χ1v) is 9.25. The molecule has 4 rings (SSSR count). The fourth-order valence-electron chi connectivity index (χ4n) is 3.48. The Morgan fingerprint density at radius 2 is 1.83 bits per heavy atom. The van der Waals surface area contributed by atoms with Gasteiger partial charge in [-0.05, 0) is 49.2 Å². The van der Waals surface area contributed by atoms with Gasteiger partial charge in [0.15, 0.2) is 5.82 Å². The zero-order valence-electron chi connectivity index (χ0n) is 16.1. The molecule has 0 bridgehead atoms. The van der Waals surface area contributed by atoms with Gasteiger partial charge in [0.2, 0.25) is 0 Å². The smallest absolute Gasteiger partial charge is 0.337 e. The van der Waals surface area contributed by atoms with E-state index in [0.29, 0.717) is 17.1 Å². The van der Waals surface area contributed by atoms with Crippen molar-refractivity contribution in [3.8, 4) is 0 Å². The fraction of sp³-hybridized carbons (Fsp3) is 0.182. The molecule has 3 aromatic rings. The Labute approximate surface area is 168 Å². The average Bonchev–Trinajstić information content (AvgIpc) is 3.09. The normalized spacial score (nSPS) is 15.0. The molecule has 1 unspecified atom stereocenters. The monoisotopic (exact) mass is 388 g/mol. The molecule has 29 heavy (non-hydrogen) atoms. The summed E-state index contributed by atoms with van der Waals surface area (Å²) in [6, 6.07) is 14.9. The van der Waals surface area contributed by atoms with E-state index in [1.165, 1.54) is 18.9 Å². The number of aromatic nitrogens is 2. The predicted octanol–water partition coefficient (Wildman–Crippen LogP) is 3.60. The molecule has 1 aliphatic rings. The summed E-state index contributed by atoms with van der Waals surface area (Å²) in [5, 5.41) is 2.75. The van der Waals surface area contributed by atoms with Crippen molar-refractivity contribution >= 4 is 29.1 Å². The maximum atomic E-state index is 12.5. The van der Waals surface area contributed by atoms with Crippen LogP contribution in [0.15, 0.2) is 60.9 Å². The number of fused-ring (bicyclic) bond motifs is 1. The van der Waals surface area contributed by atoms with Crippen molar-refractivity contribution in [3.63, 3.8) is 0 Å². The molecule has 0 fully saturated rings. The first-order valence-electron chi connectivity index (χ1n) is 9.25. The summed E-state index contributed by atoms with van der Waals surface area (Å²) in [4.78, 5) is 34.8. The number of rotatable bonds is 4. The van der Waals surface area contributed by atoms with Gasteiger partial charge in [0.25, 0.3) is 5.91 Å². The second-order valence-corrected chi connectivity index (χ2v) is 6.83. The molecule has 1 N–H and O–H groups in total. The Balaban J connectivity index is 1.48. The molecule has 0 radical (unpaired) electrons. The van der Waals surface area contributed by atoms with Crippen LogP contribution in [-0.4, -0.2) is 35.0 Å². The second-order valence-electron chi connectivity index (χ2n) is 6.83. The highest BCUT2D eigenvalue weighted by Crippen LogP contribution is 2.36. The summed E-state index contributed by atoms with van der Waals surface area (Å²) in [5.74, 6) is -0.0896. The van der Waals surface area contributed by atoms with Crippen LogP contribution in [0, 0.1) is 0 Å². The first-order chi connectivity index (χ1) is 14.1. The van der Waals surface area contributed by atoms with Gasteiger partial charge in [0, 0.05) is 17.4 Å². The van der Waals surface area contributed by atoms with E-state index in [2.05, 4.69) is 44.0 Å². The molecule has 0 aliphatic carbocycles. The van der Waals surface area contributed by atoms with Gasteiger partial charge in [-0.25, -0.2) is 14.8 Å². The molecule has 1 aliphatic heterocycles. The lowest BCUT2D eigenvalue weighted by atomic mass is 10.1. The Morgan fingerprint density at radius 3 is 2.52 bits per heavy atom. The van der Waals surface area contributed by atoms with Gasteiger partial charge >= 0.3 is 5.97 Å². The molecule has 1 aromatic heterocycles. The largest absolute Gasteiger partial charge is 0.465 e. The molecular weight excluding hydrogens is 368 g/mol. The number of benzene rings is 2. The molecule has 1 atom stereocenters. The highest BCUT2D eigenvalue weighted by atomic mass is 16.5. The van der Waals surface area contributed by atoms with Crippen LogP contribution in [0.2, 0.25) is 0 Å². The minimum Gasteiger partial charge on any atom is -0.465 e. The summed E-state index contributed by atoms with van der Waals surface area (Å²) in [6.45, 7) is 2.14. The first kappa shape index (κ1) is 18.6. The summed E-state index contributed by atoms with van der Waals surface area (Å²) in [7, 11) is 1.32. The van der Waals surface area contributed by atoms with E-state index in [9.17, 15) is 9.59 Å². The van der Waals surface area contributed by atoms with Crippen molar-refractivity contribution in [2.75, 3.05) is 17.3 Å². The third-order valence-electron chi connectivity index (χ3n) is 4.89. The Kier molecular flexibility index (Phi) is 4.95. The zero-order valence-corrected chi connectivity index (χ0v) is 16.1. The molecular formula is C22H20N4O3. The van der Waals surface area contributed by atoms with Crippen LogP contribution in [0.1, 0.15) is 33.3 Å². The quantitative estimate of drug-likeness (QED) is 0.688. The standard InChI is InChI=1S/C22H20N4O3/c1-14-11-16-5-3-4-6-19(16)26(14)20-13-23-18(12-24-20)21(27)25-17-9-7-15(8-10-17)22(28)29-2/h3-10,12-14H,11H2,1-2H3,(H,25,27). The van der Waals surface area contributed by atoms with Gasteiger partial charge in [0.05, 0.1) is 25.1 Å². The number of hydrogen-bond acceptors (Lipinski definition) is 6. The van der Waals surface area contributed by atoms with Crippen LogP contribution in [0.25, 0.3) is 0 Å². The van der Waals surface area contributed by atoms with E-state index in [1.807, 2.05) is 12.1 Å². The zero-order chi connectivity index (χ0) is 20.4. The molecule has 7 nitrogen and oxygen atoms in total. The van der Waals surface area contributed by atoms with Crippen LogP contribution < -0.4 is 10.2 Å². The lowest BCUT2D eigenvalue weighted by Gasteiger charge is -2.23. The van der Waals surface area contributed by atoms with Crippen molar-refractivity contribution in [2.45, 2.75) is 19.4 Å². The van der Waals surface area contributed by atoms with Crippen molar-refractivity contribution in [1.29, 1.82) is 0 Å². The number of ether oxygens (including phenoxy) is 1. The number of esters is 1. The number of methoxy groups -OCH3 is 1. The topological polar surface area (TPSA) is 84.4 Å². The number of carbonyl (C=O) groups excluding carboxylic acids is 2. The van der Waals surface area contributed by atoms with E-state index in [-0.39, 0.29) is 17.6 Å².